The van der Waals surface area contributed by atoms with Crippen LogP contribution in [0.3, 0.4) is 0 Å². The Kier molecular flexibility index (Phi) is 4.01. The number of carbonyl (C=O) groups excluding carboxylic acids is 1. The van der Waals surface area contributed by atoms with Crippen molar-refractivity contribution < 1.29 is 13.9 Å². The molecule has 0 N–H and O–H groups in total. The zero-order valence-corrected chi connectivity index (χ0v) is 12.2. The molecule has 3 rings (SSSR count). The first-order valence-corrected chi connectivity index (χ1v) is 6.97. The van der Waals surface area contributed by atoms with Crippen molar-refractivity contribution in [1.82, 2.24) is 4.98 Å². The molecule has 0 unspecified atom stereocenters. The zero-order chi connectivity index (χ0) is 15.4. The Labute approximate surface area is 128 Å². The van der Waals surface area contributed by atoms with Gasteiger partial charge >= 0.3 is 5.97 Å². The summed E-state index contributed by atoms with van der Waals surface area (Å²) in [5.74, 6) is -0.0396. The Bertz CT molecular complexity index is 800. The third-order valence-electron chi connectivity index (χ3n) is 3.13. The van der Waals surface area contributed by atoms with Gasteiger partial charge in [-0.1, -0.05) is 42.0 Å². The van der Waals surface area contributed by atoms with E-state index in [0.717, 1.165) is 16.6 Å². The second-order valence-electron chi connectivity index (χ2n) is 4.93. The second kappa shape index (κ2) is 6.26. The number of fused-ring (bicyclic) bond motifs is 1. The monoisotopic (exact) mass is 293 g/mol. The molecule has 0 saturated heterocycles. The summed E-state index contributed by atoms with van der Waals surface area (Å²) < 4.78 is 10.6. The fourth-order valence-electron chi connectivity index (χ4n) is 2.10. The average Bonchev–Trinajstić information content (AvgIpc) is 2.94. The van der Waals surface area contributed by atoms with Gasteiger partial charge < -0.3 is 9.15 Å². The first-order chi connectivity index (χ1) is 10.7. The van der Waals surface area contributed by atoms with E-state index in [1.165, 1.54) is 6.08 Å². The van der Waals surface area contributed by atoms with Gasteiger partial charge in [0, 0.05) is 6.08 Å². The molecule has 1 heterocycles. The molecule has 110 valence electrons. The van der Waals surface area contributed by atoms with Gasteiger partial charge in [0.05, 0.1) is 0 Å². The van der Waals surface area contributed by atoms with Gasteiger partial charge in [-0.2, -0.15) is 0 Å². The van der Waals surface area contributed by atoms with Crippen molar-refractivity contribution in [2.45, 2.75) is 13.5 Å². The summed E-state index contributed by atoms with van der Waals surface area (Å²) >= 11 is 0. The first kappa shape index (κ1) is 14.1. The molecular formula is C18H15NO3. The third-order valence-corrected chi connectivity index (χ3v) is 3.13. The van der Waals surface area contributed by atoms with Crippen molar-refractivity contribution >= 4 is 23.1 Å². The molecular weight excluding hydrogens is 278 g/mol. The number of aryl methyl sites for hydroxylation is 1. The SMILES string of the molecule is Cc1cccc(/C=C/C(=O)OCc2nc3ccccc3o2)c1. The Morgan fingerprint density at radius 1 is 1.23 bits per heavy atom. The quantitative estimate of drug-likeness (QED) is 0.541. The Hall–Kier alpha value is -2.88. The largest absolute Gasteiger partial charge is 0.453 e. The van der Waals surface area contributed by atoms with E-state index < -0.39 is 5.97 Å². The third kappa shape index (κ3) is 3.41. The summed E-state index contributed by atoms with van der Waals surface area (Å²) in [7, 11) is 0. The van der Waals surface area contributed by atoms with E-state index in [2.05, 4.69) is 4.98 Å². The summed E-state index contributed by atoms with van der Waals surface area (Å²) in [5.41, 5.74) is 3.54. The highest BCUT2D eigenvalue weighted by molar-refractivity contribution is 5.87. The van der Waals surface area contributed by atoms with Crippen molar-refractivity contribution in [3.05, 3.63) is 71.6 Å². The maximum absolute atomic E-state index is 11.7. The highest BCUT2D eigenvalue weighted by atomic mass is 16.5. The Morgan fingerprint density at radius 2 is 2.09 bits per heavy atom. The van der Waals surface area contributed by atoms with Crippen molar-refractivity contribution in [3.8, 4) is 0 Å². The lowest BCUT2D eigenvalue weighted by Crippen LogP contribution is -2.00. The standard InChI is InChI=1S/C18H15NO3/c1-13-5-4-6-14(11-13)9-10-18(20)21-12-17-19-15-7-2-3-8-16(15)22-17/h2-11H,12H2,1H3/b10-9+. The molecule has 0 fully saturated rings. The van der Waals surface area contributed by atoms with Crippen molar-refractivity contribution in [2.24, 2.45) is 0 Å². The summed E-state index contributed by atoms with van der Waals surface area (Å²) in [4.78, 5) is 16.0. The zero-order valence-electron chi connectivity index (χ0n) is 12.2. The molecule has 0 saturated carbocycles. The number of ether oxygens (including phenoxy) is 1. The van der Waals surface area contributed by atoms with Crippen LogP contribution in [0.25, 0.3) is 17.2 Å². The van der Waals surface area contributed by atoms with Crippen molar-refractivity contribution in [3.63, 3.8) is 0 Å². The van der Waals surface area contributed by atoms with Crippen LogP contribution in [0.1, 0.15) is 17.0 Å². The van der Waals surface area contributed by atoms with Gasteiger partial charge in [0.15, 0.2) is 12.2 Å². The molecule has 0 amide bonds. The number of hydrogen-bond donors (Lipinski definition) is 0. The fourth-order valence-corrected chi connectivity index (χ4v) is 2.10. The van der Waals surface area contributed by atoms with E-state index in [1.54, 1.807) is 6.08 Å². The van der Waals surface area contributed by atoms with Gasteiger partial charge in [0.25, 0.3) is 0 Å². The van der Waals surface area contributed by atoms with Crippen LogP contribution in [0.15, 0.2) is 59.0 Å². The van der Waals surface area contributed by atoms with E-state index in [0.29, 0.717) is 11.5 Å². The number of hydrogen-bond acceptors (Lipinski definition) is 4. The number of benzene rings is 2. The average molecular weight is 293 g/mol. The fraction of sp³-hybridized carbons (Fsp3) is 0.111. The Balaban J connectivity index is 1.60. The van der Waals surface area contributed by atoms with Gasteiger partial charge in [-0.15, -0.1) is 0 Å². The van der Waals surface area contributed by atoms with Gasteiger partial charge in [0.2, 0.25) is 5.89 Å². The minimum absolute atomic E-state index is 0.0195. The lowest BCUT2D eigenvalue weighted by Gasteiger charge is -1.98. The lowest BCUT2D eigenvalue weighted by atomic mass is 10.1. The normalized spacial score (nSPS) is 11.1. The lowest BCUT2D eigenvalue weighted by molar-refractivity contribution is -0.139. The molecule has 22 heavy (non-hydrogen) atoms. The van der Waals surface area contributed by atoms with Crippen LogP contribution in [0, 0.1) is 6.92 Å². The summed E-state index contributed by atoms with van der Waals surface area (Å²) in [5, 5.41) is 0. The summed E-state index contributed by atoms with van der Waals surface area (Å²) in [6.45, 7) is 2.02. The topological polar surface area (TPSA) is 52.3 Å². The first-order valence-electron chi connectivity index (χ1n) is 6.97. The van der Waals surface area contributed by atoms with Crippen molar-refractivity contribution in [2.75, 3.05) is 0 Å². The number of nitrogens with zero attached hydrogens (tertiary/aromatic N) is 1. The molecule has 4 nitrogen and oxygen atoms in total. The number of esters is 1. The van der Waals surface area contributed by atoms with Crippen LogP contribution >= 0.6 is 0 Å². The van der Waals surface area contributed by atoms with Crippen LogP contribution in [-0.4, -0.2) is 11.0 Å². The van der Waals surface area contributed by atoms with E-state index in [1.807, 2.05) is 55.5 Å². The van der Waals surface area contributed by atoms with E-state index >= 15 is 0 Å². The maximum Gasteiger partial charge on any atom is 0.331 e. The molecule has 4 heteroatoms. The second-order valence-corrected chi connectivity index (χ2v) is 4.93. The predicted octanol–water partition coefficient (Wildman–Crippen LogP) is 3.89. The van der Waals surface area contributed by atoms with Crippen molar-refractivity contribution in [1.29, 1.82) is 0 Å². The van der Waals surface area contributed by atoms with Gasteiger partial charge in [-0.3, -0.25) is 0 Å². The molecule has 1 aromatic heterocycles. The summed E-state index contributed by atoms with van der Waals surface area (Å²) in [6.07, 6.45) is 3.12. The number of aromatic nitrogens is 1. The number of oxazole rings is 1. The predicted molar refractivity (Wildman–Crippen MR) is 84.0 cm³/mol. The minimum atomic E-state index is -0.427. The number of carbonyl (C=O) groups is 1. The number of para-hydroxylation sites is 2. The minimum Gasteiger partial charge on any atom is -0.453 e. The molecule has 0 spiro atoms. The van der Waals surface area contributed by atoms with Crippen LogP contribution in [0.5, 0.6) is 0 Å². The van der Waals surface area contributed by atoms with Gasteiger partial charge in [0.1, 0.15) is 5.52 Å². The van der Waals surface area contributed by atoms with E-state index in [4.69, 9.17) is 9.15 Å². The van der Waals surface area contributed by atoms with E-state index in [9.17, 15) is 4.79 Å². The highest BCUT2D eigenvalue weighted by Crippen LogP contribution is 2.15. The molecule has 3 aromatic rings. The highest BCUT2D eigenvalue weighted by Gasteiger charge is 2.06. The summed E-state index contributed by atoms with van der Waals surface area (Å²) in [6, 6.07) is 15.3. The smallest absolute Gasteiger partial charge is 0.331 e. The van der Waals surface area contributed by atoms with Crippen LogP contribution in [-0.2, 0) is 16.1 Å². The molecule has 0 bridgehead atoms. The van der Waals surface area contributed by atoms with E-state index in [-0.39, 0.29) is 6.61 Å². The maximum atomic E-state index is 11.7. The van der Waals surface area contributed by atoms with Gasteiger partial charge in [-0.25, -0.2) is 9.78 Å². The molecule has 0 aliphatic rings. The van der Waals surface area contributed by atoms with Crippen LogP contribution < -0.4 is 0 Å². The van der Waals surface area contributed by atoms with Crippen LogP contribution in [0.4, 0.5) is 0 Å². The van der Waals surface area contributed by atoms with Crippen LogP contribution in [0.2, 0.25) is 0 Å². The number of rotatable bonds is 4. The molecule has 0 radical (unpaired) electrons. The Morgan fingerprint density at radius 3 is 2.91 bits per heavy atom. The van der Waals surface area contributed by atoms with Gasteiger partial charge in [-0.05, 0) is 30.7 Å². The molecule has 0 aliphatic carbocycles. The molecule has 0 aliphatic heterocycles. The molecule has 0 atom stereocenters. The molecule has 2 aromatic carbocycles.